The van der Waals surface area contributed by atoms with E-state index in [4.69, 9.17) is 15.9 Å². The quantitative estimate of drug-likeness (QED) is 0.281. The monoisotopic (exact) mass is 402 g/mol. The first-order valence-corrected chi connectivity index (χ1v) is 11.3. The summed E-state index contributed by atoms with van der Waals surface area (Å²) in [4.78, 5) is 0. The van der Waals surface area contributed by atoms with Crippen molar-refractivity contribution in [1.29, 1.82) is 0 Å². The van der Waals surface area contributed by atoms with Crippen molar-refractivity contribution in [3.05, 3.63) is 59.2 Å². The second-order valence-corrected chi connectivity index (χ2v) is 7.42. The molecule has 0 aliphatic carbocycles. The first kappa shape index (κ1) is 23.4. The molecule has 0 atom stereocenters. The third-order valence-electron chi connectivity index (χ3n) is 4.86. The van der Waals surface area contributed by atoms with Crippen LogP contribution in [0.2, 0.25) is 0 Å². The zero-order chi connectivity index (χ0) is 21.4. The van der Waals surface area contributed by atoms with Gasteiger partial charge in [0.15, 0.2) is 0 Å². The molecule has 0 saturated heterocycles. The second kappa shape index (κ2) is 14.2. The van der Waals surface area contributed by atoms with Crippen LogP contribution in [0.4, 0.5) is 0 Å². The van der Waals surface area contributed by atoms with E-state index in [0.717, 1.165) is 35.3 Å². The first-order valence-electron chi connectivity index (χ1n) is 11.3. The topological polar surface area (TPSA) is 18.5 Å². The number of hydrogen-bond acceptors (Lipinski definition) is 2. The normalized spacial score (nSPS) is 10.0. The lowest BCUT2D eigenvalue weighted by atomic mass is 10.1. The molecular formula is C28H34O2. The van der Waals surface area contributed by atoms with E-state index in [1.807, 2.05) is 42.5 Å². The summed E-state index contributed by atoms with van der Waals surface area (Å²) < 4.78 is 12.1. The minimum absolute atomic E-state index is 0.664. The Labute approximate surface area is 183 Å². The predicted molar refractivity (Wildman–Crippen MR) is 126 cm³/mol. The average molecular weight is 403 g/mol. The van der Waals surface area contributed by atoms with Crippen molar-refractivity contribution in [2.45, 2.75) is 65.2 Å². The molecule has 2 nitrogen and oxygen atoms in total. The summed E-state index contributed by atoms with van der Waals surface area (Å²) in [5.41, 5.74) is 2.51. The Morgan fingerprint density at radius 2 is 1.27 bits per heavy atom. The molecule has 2 aromatic rings. The van der Waals surface area contributed by atoms with E-state index in [-0.39, 0.29) is 0 Å². The van der Waals surface area contributed by atoms with Gasteiger partial charge in [0.2, 0.25) is 0 Å². The Balaban J connectivity index is 2.20. The van der Waals surface area contributed by atoms with Crippen molar-refractivity contribution in [3.63, 3.8) is 0 Å². The van der Waals surface area contributed by atoms with Crippen LogP contribution in [-0.4, -0.2) is 13.2 Å². The molecule has 0 aliphatic heterocycles. The van der Waals surface area contributed by atoms with Gasteiger partial charge in [-0.25, -0.2) is 0 Å². The van der Waals surface area contributed by atoms with Gasteiger partial charge >= 0.3 is 0 Å². The van der Waals surface area contributed by atoms with E-state index in [2.05, 4.69) is 31.6 Å². The average Bonchev–Trinajstić information content (AvgIpc) is 2.78. The second-order valence-electron chi connectivity index (χ2n) is 7.42. The highest BCUT2D eigenvalue weighted by molar-refractivity contribution is 5.59. The lowest BCUT2D eigenvalue weighted by molar-refractivity contribution is 0.295. The molecular weight excluding hydrogens is 368 g/mol. The van der Waals surface area contributed by atoms with Gasteiger partial charge in [-0.05, 0) is 25.0 Å². The first-order chi connectivity index (χ1) is 14.8. The van der Waals surface area contributed by atoms with E-state index in [1.165, 1.54) is 38.5 Å². The molecule has 2 rings (SSSR count). The fourth-order valence-corrected chi connectivity index (χ4v) is 3.09. The van der Waals surface area contributed by atoms with Crippen molar-refractivity contribution in [3.8, 4) is 35.7 Å². The van der Waals surface area contributed by atoms with Crippen molar-refractivity contribution < 1.29 is 9.47 Å². The number of unbranched alkanes of at least 4 members (excludes halogenated alkanes) is 6. The molecule has 0 N–H and O–H groups in total. The summed E-state index contributed by atoms with van der Waals surface area (Å²) in [6.07, 6.45) is 15.0. The predicted octanol–water partition coefficient (Wildman–Crippen LogP) is 6.99. The van der Waals surface area contributed by atoms with Crippen LogP contribution < -0.4 is 9.47 Å². The number of hydrogen-bond donors (Lipinski definition) is 0. The van der Waals surface area contributed by atoms with Gasteiger partial charge in [0.1, 0.15) is 11.5 Å². The maximum Gasteiger partial charge on any atom is 0.136 e. The summed E-state index contributed by atoms with van der Waals surface area (Å²) in [6.45, 7) is 5.74. The lowest BCUT2D eigenvalue weighted by Gasteiger charge is -2.13. The standard InChI is InChI=1S/C28H34O2/c1-4-7-9-14-20-29-27-23-26(19-18-24-16-12-11-13-17-24)28(22-25(27)6-3)30-21-15-10-8-5-2/h3,11-13,16-17,22-23H,4-5,7-10,14-15,20-21H2,1-2H3. The Morgan fingerprint density at radius 3 is 1.83 bits per heavy atom. The van der Waals surface area contributed by atoms with E-state index in [0.29, 0.717) is 19.0 Å². The number of benzene rings is 2. The highest BCUT2D eigenvalue weighted by atomic mass is 16.5. The fraction of sp³-hybridized carbons (Fsp3) is 0.429. The third-order valence-corrected chi connectivity index (χ3v) is 4.86. The van der Waals surface area contributed by atoms with Gasteiger partial charge < -0.3 is 9.47 Å². The number of terminal acetylenes is 1. The van der Waals surface area contributed by atoms with Crippen LogP contribution >= 0.6 is 0 Å². The largest absolute Gasteiger partial charge is 0.492 e. The maximum atomic E-state index is 6.07. The minimum Gasteiger partial charge on any atom is -0.492 e. The summed E-state index contributed by atoms with van der Waals surface area (Å²) in [6, 6.07) is 13.8. The van der Waals surface area contributed by atoms with E-state index < -0.39 is 0 Å². The maximum absolute atomic E-state index is 6.07. The van der Waals surface area contributed by atoms with Gasteiger partial charge in [-0.1, -0.05) is 88.3 Å². The lowest BCUT2D eigenvalue weighted by Crippen LogP contribution is -2.03. The Kier molecular flexibility index (Phi) is 11.1. The molecule has 30 heavy (non-hydrogen) atoms. The van der Waals surface area contributed by atoms with Gasteiger partial charge in [-0.15, -0.1) is 6.42 Å². The third kappa shape index (κ3) is 8.26. The molecule has 0 radical (unpaired) electrons. The highest BCUT2D eigenvalue weighted by Gasteiger charge is 2.10. The van der Waals surface area contributed by atoms with Gasteiger partial charge in [-0.2, -0.15) is 0 Å². The minimum atomic E-state index is 0.664. The molecule has 0 saturated carbocycles. The molecule has 0 aliphatic rings. The number of ether oxygens (including phenoxy) is 2. The number of rotatable bonds is 12. The van der Waals surface area contributed by atoms with Crippen molar-refractivity contribution in [2.24, 2.45) is 0 Å². The van der Waals surface area contributed by atoms with Gasteiger partial charge in [0, 0.05) is 17.7 Å². The molecule has 0 fully saturated rings. The Hall–Kier alpha value is -2.84. The van der Waals surface area contributed by atoms with Crippen molar-refractivity contribution in [1.82, 2.24) is 0 Å². The summed E-state index contributed by atoms with van der Waals surface area (Å²) in [5.74, 6) is 10.7. The zero-order valence-corrected chi connectivity index (χ0v) is 18.5. The van der Waals surface area contributed by atoms with Gasteiger partial charge in [0.05, 0.1) is 24.3 Å². The molecule has 0 unspecified atom stereocenters. The van der Waals surface area contributed by atoms with Crippen molar-refractivity contribution >= 4 is 0 Å². The van der Waals surface area contributed by atoms with E-state index >= 15 is 0 Å². The smallest absolute Gasteiger partial charge is 0.136 e. The van der Waals surface area contributed by atoms with Crippen LogP contribution in [0.25, 0.3) is 0 Å². The fourth-order valence-electron chi connectivity index (χ4n) is 3.09. The van der Waals surface area contributed by atoms with Crippen LogP contribution in [0.1, 0.15) is 81.9 Å². The molecule has 2 aromatic carbocycles. The van der Waals surface area contributed by atoms with Crippen LogP contribution in [0.3, 0.4) is 0 Å². The molecule has 0 spiro atoms. The van der Waals surface area contributed by atoms with Crippen LogP contribution in [0.5, 0.6) is 11.5 Å². The molecule has 0 aromatic heterocycles. The molecule has 0 bridgehead atoms. The molecule has 0 amide bonds. The molecule has 2 heteroatoms. The summed E-state index contributed by atoms with van der Waals surface area (Å²) in [5, 5.41) is 0. The van der Waals surface area contributed by atoms with Crippen molar-refractivity contribution in [2.75, 3.05) is 13.2 Å². The van der Waals surface area contributed by atoms with E-state index in [1.54, 1.807) is 0 Å². The van der Waals surface area contributed by atoms with Gasteiger partial charge in [0.25, 0.3) is 0 Å². The Bertz CT molecular complexity index is 850. The van der Waals surface area contributed by atoms with Crippen LogP contribution in [0.15, 0.2) is 42.5 Å². The molecule has 158 valence electrons. The zero-order valence-electron chi connectivity index (χ0n) is 18.5. The van der Waals surface area contributed by atoms with Crippen LogP contribution in [-0.2, 0) is 0 Å². The summed E-state index contributed by atoms with van der Waals surface area (Å²) in [7, 11) is 0. The van der Waals surface area contributed by atoms with Crippen LogP contribution in [0, 0.1) is 24.2 Å². The highest BCUT2D eigenvalue weighted by Crippen LogP contribution is 2.29. The molecule has 0 heterocycles. The van der Waals surface area contributed by atoms with Gasteiger partial charge in [-0.3, -0.25) is 0 Å². The van der Waals surface area contributed by atoms with E-state index in [9.17, 15) is 0 Å². The SMILES string of the molecule is C#Cc1cc(OCCCCCC)c(C#Cc2ccccc2)cc1OCCCCCC. The summed E-state index contributed by atoms with van der Waals surface area (Å²) >= 11 is 0. The Morgan fingerprint density at radius 1 is 0.700 bits per heavy atom.